The van der Waals surface area contributed by atoms with Gasteiger partial charge in [-0.2, -0.15) is 0 Å². The third-order valence-corrected chi connectivity index (χ3v) is 4.69. The van der Waals surface area contributed by atoms with Gasteiger partial charge in [0.25, 0.3) is 5.91 Å². The molecule has 3 aromatic rings. The van der Waals surface area contributed by atoms with Crippen LogP contribution in [0.3, 0.4) is 0 Å². The second kappa shape index (κ2) is 6.26. The molecule has 0 spiro atoms. The highest BCUT2D eigenvalue weighted by Gasteiger charge is 2.38. The minimum Gasteiger partial charge on any atom is -0.442 e. The summed E-state index contributed by atoms with van der Waals surface area (Å²) in [5.74, 6) is 0.447. The molecule has 1 fully saturated rings. The van der Waals surface area contributed by atoms with Crippen LogP contribution in [0, 0.1) is 12.7 Å². The normalized spacial score (nSPS) is 16.1. The maximum atomic E-state index is 13.0. The van der Waals surface area contributed by atoms with Gasteiger partial charge in [-0.05, 0) is 33.6 Å². The Labute approximate surface area is 154 Å². The van der Waals surface area contributed by atoms with Crippen molar-refractivity contribution < 1.29 is 13.6 Å². The van der Waals surface area contributed by atoms with Crippen molar-refractivity contribution in [1.29, 1.82) is 0 Å². The molecule has 0 aromatic carbocycles. The minimum absolute atomic E-state index is 0.0184. The molecule has 1 amide bonds. The zero-order valence-electron chi connectivity index (χ0n) is 15.2. The van der Waals surface area contributed by atoms with Crippen molar-refractivity contribution >= 4 is 22.8 Å². The number of hydrogen-bond donors (Lipinski definition) is 2. The quantitative estimate of drug-likeness (QED) is 0.711. The van der Waals surface area contributed by atoms with E-state index in [9.17, 15) is 9.18 Å². The van der Waals surface area contributed by atoms with Crippen LogP contribution in [0.5, 0.6) is 0 Å². The van der Waals surface area contributed by atoms with E-state index in [1.54, 1.807) is 13.8 Å². The molecule has 1 atom stereocenters. The van der Waals surface area contributed by atoms with E-state index < -0.39 is 11.9 Å². The zero-order chi connectivity index (χ0) is 19.2. The van der Waals surface area contributed by atoms with Gasteiger partial charge in [-0.3, -0.25) is 4.79 Å². The fourth-order valence-corrected chi connectivity index (χ4v) is 2.89. The van der Waals surface area contributed by atoms with Gasteiger partial charge in [-0.15, -0.1) is 0 Å². The van der Waals surface area contributed by atoms with Gasteiger partial charge in [0.2, 0.25) is 5.71 Å². The van der Waals surface area contributed by atoms with Crippen LogP contribution in [0.1, 0.15) is 54.7 Å². The van der Waals surface area contributed by atoms with Crippen molar-refractivity contribution in [3.63, 3.8) is 0 Å². The van der Waals surface area contributed by atoms with Crippen LogP contribution in [-0.2, 0) is 0 Å². The smallest absolute Gasteiger partial charge is 0.256 e. The standard InChI is InChI=1S/C18H19FN6O2/c1-9(14-20-6-11(19)7-21-14)24-16(26)12-10(2)27-17-13(12)15(22-8-23-17)25-18(3)4-5-18/h6-9H,4-5H2,1-3H3,(H,24,26)(H,22,23,25). The van der Waals surface area contributed by atoms with E-state index in [1.807, 2.05) is 0 Å². The molecular weight excluding hydrogens is 351 g/mol. The van der Waals surface area contributed by atoms with Crippen molar-refractivity contribution in [3.8, 4) is 0 Å². The molecule has 3 heterocycles. The molecule has 3 aromatic heterocycles. The van der Waals surface area contributed by atoms with Gasteiger partial charge in [0, 0.05) is 5.54 Å². The summed E-state index contributed by atoms with van der Waals surface area (Å²) >= 11 is 0. The summed E-state index contributed by atoms with van der Waals surface area (Å²) in [7, 11) is 0. The highest BCUT2D eigenvalue weighted by molar-refractivity contribution is 6.10. The maximum absolute atomic E-state index is 13.0. The molecule has 140 valence electrons. The predicted molar refractivity (Wildman–Crippen MR) is 95.7 cm³/mol. The molecule has 27 heavy (non-hydrogen) atoms. The first kappa shape index (κ1) is 17.3. The number of halogens is 1. The number of nitrogens with one attached hydrogen (secondary N) is 2. The molecule has 1 saturated carbocycles. The molecule has 1 aliphatic carbocycles. The number of fused-ring (bicyclic) bond motifs is 1. The van der Waals surface area contributed by atoms with Gasteiger partial charge in [-0.1, -0.05) is 0 Å². The number of aromatic nitrogens is 4. The summed E-state index contributed by atoms with van der Waals surface area (Å²) in [6, 6.07) is -0.510. The lowest BCUT2D eigenvalue weighted by Crippen LogP contribution is -2.28. The number of nitrogens with zero attached hydrogens (tertiary/aromatic N) is 4. The Bertz CT molecular complexity index is 1010. The van der Waals surface area contributed by atoms with E-state index in [-0.39, 0.29) is 11.4 Å². The minimum atomic E-state index is -0.532. The zero-order valence-corrected chi connectivity index (χ0v) is 15.2. The van der Waals surface area contributed by atoms with Crippen LogP contribution in [0.15, 0.2) is 23.1 Å². The van der Waals surface area contributed by atoms with Gasteiger partial charge in [0.1, 0.15) is 23.7 Å². The number of aryl methyl sites for hydroxylation is 1. The topological polar surface area (TPSA) is 106 Å². The molecule has 8 nitrogen and oxygen atoms in total. The number of anilines is 1. The number of furan rings is 1. The Balaban J connectivity index is 1.66. The average Bonchev–Trinajstić information content (AvgIpc) is 3.23. The number of rotatable bonds is 5. The van der Waals surface area contributed by atoms with Crippen LogP contribution in [-0.4, -0.2) is 31.4 Å². The molecule has 9 heteroatoms. The van der Waals surface area contributed by atoms with E-state index >= 15 is 0 Å². The van der Waals surface area contributed by atoms with Gasteiger partial charge in [0.15, 0.2) is 5.82 Å². The van der Waals surface area contributed by atoms with Gasteiger partial charge in [0.05, 0.1) is 29.4 Å². The summed E-state index contributed by atoms with van der Waals surface area (Å²) in [5.41, 5.74) is 0.700. The lowest BCUT2D eigenvalue weighted by Gasteiger charge is -2.14. The van der Waals surface area contributed by atoms with Gasteiger partial charge >= 0.3 is 0 Å². The van der Waals surface area contributed by atoms with Crippen molar-refractivity contribution in [3.05, 3.63) is 41.7 Å². The fraction of sp³-hybridized carbons (Fsp3) is 0.389. The van der Waals surface area contributed by atoms with Crippen LogP contribution >= 0.6 is 0 Å². The van der Waals surface area contributed by atoms with E-state index in [2.05, 4.69) is 37.5 Å². The largest absolute Gasteiger partial charge is 0.442 e. The summed E-state index contributed by atoms with van der Waals surface area (Å²) in [6.45, 7) is 5.53. The van der Waals surface area contributed by atoms with Crippen molar-refractivity contribution in [1.82, 2.24) is 25.3 Å². The summed E-state index contributed by atoms with van der Waals surface area (Å²) in [4.78, 5) is 29.2. The molecule has 0 saturated heterocycles. The Morgan fingerprint density at radius 1 is 1.26 bits per heavy atom. The Morgan fingerprint density at radius 3 is 2.63 bits per heavy atom. The first-order chi connectivity index (χ1) is 12.9. The van der Waals surface area contributed by atoms with Crippen LogP contribution < -0.4 is 10.6 Å². The van der Waals surface area contributed by atoms with Gasteiger partial charge < -0.3 is 15.1 Å². The number of amides is 1. The second-order valence-corrected chi connectivity index (χ2v) is 7.08. The van der Waals surface area contributed by atoms with E-state index in [4.69, 9.17) is 4.42 Å². The van der Waals surface area contributed by atoms with E-state index in [0.717, 1.165) is 25.2 Å². The van der Waals surface area contributed by atoms with Crippen molar-refractivity contribution in [2.45, 2.75) is 45.2 Å². The second-order valence-electron chi connectivity index (χ2n) is 7.08. The summed E-state index contributed by atoms with van der Waals surface area (Å²) in [6.07, 6.45) is 5.62. The van der Waals surface area contributed by atoms with E-state index in [0.29, 0.717) is 34.1 Å². The first-order valence-corrected chi connectivity index (χ1v) is 8.67. The monoisotopic (exact) mass is 370 g/mol. The molecule has 1 unspecified atom stereocenters. The molecule has 0 bridgehead atoms. The molecule has 0 aliphatic heterocycles. The Hall–Kier alpha value is -3.10. The number of hydrogen-bond acceptors (Lipinski definition) is 7. The number of carbonyl (C=O) groups excluding carboxylic acids is 1. The summed E-state index contributed by atoms with van der Waals surface area (Å²) < 4.78 is 18.7. The molecule has 4 rings (SSSR count). The van der Waals surface area contributed by atoms with Crippen LogP contribution in [0.25, 0.3) is 11.1 Å². The average molecular weight is 370 g/mol. The predicted octanol–water partition coefficient (Wildman–Crippen LogP) is 2.92. The van der Waals surface area contributed by atoms with Crippen molar-refractivity contribution in [2.24, 2.45) is 0 Å². The Kier molecular flexibility index (Phi) is 4.01. The molecular formula is C18H19FN6O2. The Morgan fingerprint density at radius 2 is 1.96 bits per heavy atom. The van der Waals surface area contributed by atoms with Crippen LogP contribution in [0.4, 0.5) is 10.2 Å². The lowest BCUT2D eigenvalue weighted by atomic mass is 10.1. The highest BCUT2D eigenvalue weighted by atomic mass is 19.1. The van der Waals surface area contributed by atoms with Gasteiger partial charge in [-0.25, -0.2) is 24.3 Å². The SMILES string of the molecule is Cc1oc2ncnc(NC3(C)CC3)c2c1C(=O)NC(C)c1ncc(F)cn1. The lowest BCUT2D eigenvalue weighted by molar-refractivity contribution is 0.0938. The highest BCUT2D eigenvalue weighted by Crippen LogP contribution is 2.40. The molecule has 0 radical (unpaired) electrons. The van der Waals surface area contributed by atoms with Crippen LogP contribution in [0.2, 0.25) is 0 Å². The van der Waals surface area contributed by atoms with Crippen molar-refractivity contribution in [2.75, 3.05) is 5.32 Å². The third kappa shape index (κ3) is 3.32. The molecule has 1 aliphatic rings. The molecule has 2 N–H and O–H groups in total. The summed E-state index contributed by atoms with van der Waals surface area (Å²) in [5, 5.41) is 6.75. The maximum Gasteiger partial charge on any atom is 0.256 e. The van der Waals surface area contributed by atoms with E-state index in [1.165, 1.54) is 6.33 Å². The number of carbonyl (C=O) groups is 1. The fourth-order valence-electron chi connectivity index (χ4n) is 2.89. The first-order valence-electron chi connectivity index (χ1n) is 8.67. The third-order valence-electron chi connectivity index (χ3n) is 4.69.